The molecule has 0 aliphatic carbocycles. The summed E-state index contributed by atoms with van der Waals surface area (Å²) in [6.45, 7) is 4.36. The molecule has 0 bridgehead atoms. The van der Waals surface area contributed by atoms with Gasteiger partial charge in [-0.1, -0.05) is 73.5 Å². The summed E-state index contributed by atoms with van der Waals surface area (Å²) in [6.07, 6.45) is 9.07. The first kappa shape index (κ1) is 15.7. The van der Waals surface area contributed by atoms with E-state index >= 15 is 0 Å². The van der Waals surface area contributed by atoms with Gasteiger partial charge in [0, 0.05) is 10.5 Å². The molecule has 0 aliphatic heterocycles. The number of hydrogen-bond donors (Lipinski definition) is 1. The van der Waals surface area contributed by atoms with E-state index in [0.29, 0.717) is 0 Å². The van der Waals surface area contributed by atoms with Gasteiger partial charge in [0.05, 0.1) is 0 Å². The Hall–Kier alpha value is -0.340. The molecule has 1 aromatic rings. The zero-order valence-corrected chi connectivity index (χ0v) is 13.3. The molecule has 0 spiro atoms. The van der Waals surface area contributed by atoms with Gasteiger partial charge in [0.2, 0.25) is 0 Å². The molecule has 0 radical (unpaired) electrons. The summed E-state index contributed by atoms with van der Waals surface area (Å²) in [4.78, 5) is 0. The maximum absolute atomic E-state index is 6.26. The van der Waals surface area contributed by atoms with Crippen LogP contribution in [0.15, 0.2) is 22.7 Å². The minimum absolute atomic E-state index is 0.172. The summed E-state index contributed by atoms with van der Waals surface area (Å²) in [6, 6.07) is 6.62. The molecule has 2 N–H and O–H groups in total. The highest BCUT2D eigenvalue weighted by atomic mass is 79.9. The van der Waals surface area contributed by atoms with Crippen LogP contribution in [0.4, 0.5) is 0 Å². The smallest absolute Gasteiger partial charge is 0.0306 e. The fraction of sp³-hybridized carbons (Fsp3) is 0.625. The first-order valence-corrected chi connectivity index (χ1v) is 7.96. The predicted molar refractivity (Wildman–Crippen MR) is 83.8 cm³/mol. The topological polar surface area (TPSA) is 26.0 Å². The Morgan fingerprint density at radius 1 is 1.11 bits per heavy atom. The molecule has 1 rings (SSSR count). The molecule has 1 aromatic carbocycles. The molecular weight excluding hydrogens is 286 g/mol. The van der Waals surface area contributed by atoms with Crippen LogP contribution < -0.4 is 5.73 Å². The van der Waals surface area contributed by atoms with Crippen LogP contribution in [0.5, 0.6) is 0 Å². The maximum atomic E-state index is 6.26. The highest BCUT2D eigenvalue weighted by molar-refractivity contribution is 9.10. The van der Waals surface area contributed by atoms with Gasteiger partial charge in [-0.3, -0.25) is 0 Å². The molecule has 1 atom stereocenters. The van der Waals surface area contributed by atoms with E-state index in [1.807, 2.05) is 0 Å². The molecule has 0 fully saturated rings. The Morgan fingerprint density at radius 3 is 2.44 bits per heavy atom. The van der Waals surface area contributed by atoms with Crippen LogP contribution in [-0.4, -0.2) is 0 Å². The molecule has 102 valence electrons. The highest BCUT2D eigenvalue weighted by Crippen LogP contribution is 2.26. The number of unbranched alkanes of at least 4 members (excludes halogenated alkanes) is 5. The lowest BCUT2D eigenvalue weighted by atomic mass is 9.99. The van der Waals surface area contributed by atoms with Crippen molar-refractivity contribution in [3.8, 4) is 0 Å². The van der Waals surface area contributed by atoms with Crippen molar-refractivity contribution >= 4 is 15.9 Å². The van der Waals surface area contributed by atoms with Gasteiger partial charge in [-0.05, 0) is 30.5 Å². The average molecular weight is 312 g/mol. The summed E-state index contributed by atoms with van der Waals surface area (Å²) in [7, 11) is 0. The lowest BCUT2D eigenvalue weighted by molar-refractivity contribution is 0.546. The van der Waals surface area contributed by atoms with Crippen LogP contribution in [0.3, 0.4) is 0 Å². The molecule has 1 unspecified atom stereocenters. The Labute approximate surface area is 120 Å². The van der Waals surface area contributed by atoms with Gasteiger partial charge in [0.25, 0.3) is 0 Å². The van der Waals surface area contributed by atoms with E-state index in [2.05, 4.69) is 48.0 Å². The average Bonchev–Trinajstić information content (AvgIpc) is 2.33. The molecule has 2 heteroatoms. The van der Waals surface area contributed by atoms with E-state index in [-0.39, 0.29) is 6.04 Å². The zero-order chi connectivity index (χ0) is 13.4. The molecule has 0 aromatic heterocycles. The maximum Gasteiger partial charge on any atom is 0.0306 e. The Bertz CT molecular complexity index is 349. The van der Waals surface area contributed by atoms with Crippen LogP contribution in [-0.2, 0) is 0 Å². The number of benzene rings is 1. The first-order chi connectivity index (χ1) is 8.65. The molecule has 0 saturated carbocycles. The van der Waals surface area contributed by atoms with Crippen LogP contribution in [0.25, 0.3) is 0 Å². The number of hydrogen-bond acceptors (Lipinski definition) is 1. The summed E-state index contributed by atoms with van der Waals surface area (Å²) in [5, 5.41) is 0. The first-order valence-electron chi connectivity index (χ1n) is 7.16. The highest BCUT2D eigenvalue weighted by Gasteiger charge is 2.09. The second-order valence-corrected chi connectivity index (χ2v) is 6.04. The van der Waals surface area contributed by atoms with E-state index in [0.717, 1.165) is 10.9 Å². The molecule has 1 nitrogen and oxygen atoms in total. The molecule has 0 aliphatic rings. The minimum Gasteiger partial charge on any atom is -0.324 e. The monoisotopic (exact) mass is 311 g/mol. The summed E-state index contributed by atoms with van der Waals surface area (Å²) >= 11 is 3.61. The van der Waals surface area contributed by atoms with Crippen molar-refractivity contribution in [3.63, 3.8) is 0 Å². The van der Waals surface area contributed by atoms with Crippen LogP contribution >= 0.6 is 15.9 Å². The van der Waals surface area contributed by atoms with Crippen molar-refractivity contribution in [2.45, 2.75) is 64.8 Å². The lowest BCUT2D eigenvalue weighted by Crippen LogP contribution is -2.10. The lowest BCUT2D eigenvalue weighted by Gasteiger charge is -2.14. The van der Waals surface area contributed by atoms with Crippen molar-refractivity contribution in [2.24, 2.45) is 5.73 Å². The van der Waals surface area contributed by atoms with E-state index in [1.54, 1.807) is 0 Å². The van der Waals surface area contributed by atoms with Gasteiger partial charge in [0.1, 0.15) is 0 Å². The second-order valence-electron chi connectivity index (χ2n) is 5.19. The van der Waals surface area contributed by atoms with Gasteiger partial charge < -0.3 is 5.73 Å². The third-order valence-electron chi connectivity index (χ3n) is 3.42. The molecular formula is C16H26BrN. The van der Waals surface area contributed by atoms with Crippen molar-refractivity contribution in [1.29, 1.82) is 0 Å². The van der Waals surface area contributed by atoms with Gasteiger partial charge >= 0.3 is 0 Å². The predicted octanol–water partition coefficient (Wildman–Crippen LogP) is 5.51. The minimum atomic E-state index is 0.172. The molecule has 0 amide bonds. The summed E-state index contributed by atoms with van der Waals surface area (Å²) < 4.78 is 1.15. The fourth-order valence-corrected chi connectivity index (χ4v) is 3.02. The quantitative estimate of drug-likeness (QED) is 0.629. The number of rotatable bonds is 8. The van der Waals surface area contributed by atoms with Crippen LogP contribution in [0.2, 0.25) is 0 Å². The standard InChI is InChI=1S/C16H26BrN/c1-3-4-5-6-7-8-9-16(18)14-11-10-13(2)12-15(14)17/h10-12,16H,3-9,18H2,1-2H3. The van der Waals surface area contributed by atoms with Crippen LogP contribution in [0.1, 0.15) is 69.0 Å². The largest absolute Gasteiger partial charge is 0.324 e. The van der Waals surface area contributed by atoms with Crippen molar-refractivity contribution in [3.05, 3.63) is 33.8 Å². The van der Waals surface area contributed by atoms with Gasteiger partial charge in [0.15, 0.2) is 0 Å². The summed E-state index contributed by atoms with van der Waals surface area (Å²) in [5.41, 5.74) is 8.78. The Kier molecular flexibility index (Phi) is 7.60. The molecule has 0 saturated heterocycles. The van der Waals surface area contributed by atoms with E-state index in [9.17, 15) is 0 Å². The van der Waals surface area contributed by atoms with E-state index in [1.165, 1.54) is 49.7 Å². The SMILES string of the molecule is CCCCCCCCC(N)c1ccc(C)cc1Br. The Morgan fingerprint density at radius 2 is 1.78 bits per heavy atom. The normalized spacial score (nSPS) is 12.7. The molecule has 0 heterocycles. The number of halogens is 1. The van der Waals surface area contributed by atoms with Gasteiger partial charge in [-0.15, -0.1) is 0 Å². The van der Waals surface area contributed by atoms with E-state index < -0.39 is 0 Å². The number of aryl methyl sites for hydroxylation is 1. The third-order valence-corrected chi connectivity index (χ3v) is 4.11. The zero-order valence-electron chi connectivity index (χ0n) is 11.7. The Balaban J connectivity index is 2.29. The fourth-order valence-electron chi connectivity index (χ4n) is 2.23. The second kappa shape index (κ2) is 8.71. The number of nitrogens with two attached hydrogens (primary N) is 1. The third kappa shape index (κ3) is 5.53. The van der Waals surface area contributed by atoms with E-state index in [4.69, 9.17) is 5.73 Å². The van der Waals surface area contributed by atoms with Gasteiger partial charge in [-0.25, -0.2) is 0 Å². The molecule has 18 heavy (non-hydrogen) atoms. The van der Waals surface area contributed by atoms with Crippen molar-refractivity contribution < 1.29 is 0 Å². The van der Waals surface area contributed by atoms with Crippen molar-refractivity contribution in [1.82, 2.24) is 0 Å². The summed E-state index contributed by atoms with van der Waals surface area (Å²) in [5.74, 6) is 0. The van der Waals surface area contributed by atoms with Crippen molar-refractivity contribution in [2.75, 3.05) is 0 Å². The van der Waals surface area contributed by atoms with Gasteiger partial charge in [-0.2, -0.15) is 0 Å². The van der Waals surface area contributed by atoms with Crippen LogP contribution in [0, 0.1) is 6.92 Å².